The molecule has 3 aromatic rings. The van der Waals surface area contributed by atoms with Crippen molar-refractivity contribution < 1.29 is 14.3 Å². The second kappa shape index (κ2) is 8.57. The number of carbonyl (C=O) groups is 1. The van der Waals surface area contributed by atoms with E-state index in [-0.39, 0.29) is 18.0 Å². The van der Waals surface area contributed by atoms with Crippen LogP contribution in [0.4, 0.5) is 0 Å². The molecule has 0 saturated heterocycles. The summed E-state index contributed by atoms with van der Waals surface area (Å²) < 4.78 is 12.7. The van der Waals surface area contributed by atoms with Gasteiger partial charge in [0.1, 0.15) is 0 Å². The number of ether oxygens (including phenoxy) is 2. The fraction of sp³-hybridized carbons (Fsp3) is 0.286. The molecule has 0 fully saturated rings. The van der Waals surface area contributed by atoms with E-state index in [0.29, 0.717) is 12.3 Å². The van der Waals surface area contributed by atoms with Crippen LogP contribution in [-0.2, 0) is 17.9 Å². The Morgan fingerprint density at radius 1 is 1.17 bits per heavy atom. The molecule has 8 heteroatoms. The number of thioether (sulfide) groups is 1. The van der Waals surface area contributed by atoms with Gasteiger partial charge < -0.3 is 19.4 Å². The Kier molecular flexibility index (Phi) is 5.71. The summed E-state index contributed by atoms with van der Waals surface area (Å²) >= 11 is 1.41. The molecule has 0 aliphatic carbocycles. The Hall–Kier alpha value is -3.00. The van der Waals surface area contributed by atoms with Gasteiger partial charge in [0, 0.05) is 18.7 Å². The van der Waals surface area contributed by atoms with Crippen molar-refractivity contribution in [2.45, 2.75) is 37.3 Å². The highest BCUT2D eigenvalue weighted by Crippen LogP contribution is 2.32. The molecular weight excluding hydrogens is 388 g/mol. The van der Waals surface area contributed by atoms with Crippen molar-refractivity contribution in [1.29, 1.82) is 0 Å². The average molecular weight is 410 g/mol. The first kappa shape index (κ1) is 19.3. The van der Waals surface area contributed by atoms with E-state index >= 15 is 0 Å². The van der Waals surface area contributed by atoms with Crippen molar-refractivity contribution in [2.75, 3.05) is 6.79 Å². The summed E-state index contributed by atoms with van der Waals surface area (Å²) in [6.45, 7) is 5.31. The summed E-state index contributed by atoms with van der Waals surface area (Å²) in [5, 5.41) is 12.0. The Morgan fingerprint density at radius 3 is 2.76 bits per heavy atom. The van der Waals surface area contributed by atoms with Gasteiger partial charge in [-0.2, -0.15) is 0 Å². The summed E-state index contributed by atoms with van der Waals surface area (Å²) in [4.78, 5) is 12.6. The summed E-state index contributed by atoms with van der Waals surface area (Å²) in [6, 6.07) is 15.6. The fourth-order valence-corrected chi connectivity index (χ4v) is 3.99. The summed E-state index contributed by atoms with van der Waals surface area (Å²) in [5.41, 5.74) is 1.97. The molecule has 0 saturated carbocycles. The zero-order valence-electron chi connectivity index (χ0n) is 16.3. The van der Waals surface area contributed by atoms with Crippen molar-refractivity contribution in [3.63, 3.8) is 0 Å². The summed E-state index contributed by atoms with van der Waals surface area (Å²) in [5.74, 6) is 2.20. The second-order valence-corrected chi connectivity index (χ2v) is 7.89. The molecule has 2 heterocycles. The minimum Gasteiger partial charge on any atom is -0.454 e. The van der Waals surface area contributed by atoms with Crippen LogP contribution in [-0.4, -0.2) is 32.7 Å². The third-order valence-corrected chi connectivity index (χ3v) is 5.70. The first-order valence-electron chi connectivity index (χ1n) is 9.47. The summed E-state index contributed by atoms with van der Waals surface area (Å²) in [7, 11) is 0. The molecule has 7 nitrogen and oxygen atoms in total. The van der Waals surface area contributed by atoms with Crippen LogP contribution < -0.4 is 14.8 Å². The normalized spacial score (nSPS) is 13.3. The number of nitrogens with zero attached hydrogens (tertiary/aromatic N) is 3. The SMILES string of the molecule is CCn1c(SC(C)C(=O)NCc2ccc3c(c2)OCO3)nnc1-c1ccccc1. The van der Waals surface area contributed by atoms with Crippen LogP contribution in [0.25, 0.3) is 11.4 Å². The minimum atomic E-state index is -0.304. The molecule has 0 spiro atoms. The predicted octanol–water partition coefficient (Wildman–Crippen LogP) is 3.49. The molecule has 1 aliphatic heterocycles. The van der Waals surface area contributed by atoms with E-state index in [0.717, 1.165) is 34.4 Å². The van der Waals surface area contributed by atoms with E-state index in [9.17, 15) is 4.79 Å². The topological polar surface area (TPSA) is 78.3 Å². The zero-order chi connectivity index (χ0) is 20.2. The monoisotopic (exact) mass is 410 g/mol. The average Bonchev–Trinajstić information content (AvgIpc) is 3.38. The van der Waals surface area contributed by atoms with Gasteiger partial charge in [0.15, 0.2) is 22.5 Å². The van der Waals surface area contributed by atoms with E-state index in [2.05, 4.69) is 15.5 Å². The van der Waals surface area contributed by atoms with Gasteiger partial charge in [-0.1, -0.05) is 48.2 Å². The third kappa shape index (κ3) is 4.22. The van der Waals surface area contributed by atoms with Gasteiger partial charge in [0.05, 0.1) is 5.25 Å². The van der Waals surface area contributed by atoms with Gasteiger partial charge in [-0.25, -0.2) is 0 Å². The Morgan fingerprint density at radius 2 is 1.97 bits per heavy atom. The maximum atomic E-state index is 12.6. The predicted molar refractivity (Wildman–Crippen MR) is 111 cm³/mol. The van der Waals surface area contributed by atoms with E-state index in [4.69, 9.17) is 9.47 Å². The molecule has 1 amide bonds. The van der Waals surface area contributed by atoms with E-state index in [1.165, 1.54) is 11.8 Å². The highest BCUT2D eigenvalue weighted by Gasteiger charge is 2.20. The molecular formula is C21H22N4O3S. The van der Waals surface area contributed by atoms with E-state index in [1.807, 2.05) is 66.9 Å². The minimum absolute atomic E-state index is 0.0559. The molecule has 1 aromatic heterocycles. The molecule has 150 valence electrons. The van der Waals surface area contributed by atoms with Gasteiger partial charge in [-0.05, 0) is 31.5 Å². The standard InChI is InChI=1S/C21H22N4O3S/c1-3-25-19(16-7-5-4-6-8-16)23-24-21(25)29-14(2)20(26)22-12-15-9-10-17-18(11-15)28-13-27-17/h4-11,14H,3,12-13H2,1-2H3,(H,22,26). The van der Waals surface area contributed by atoms with Gasteiger partial charge >= 0.3 is 0 Å². The number of rotatable bonds is 7. The van der Waals surface area contributed by atoms with Crippen LogP contribution in [0.1, 0.15) is 19.4 Å². The van der Waals surface area contributed by atoms with Crippen LogP contribution in [0.15, 0.2) is 53.7 Å². The molecule has 29 heavy (non-hydrogen) atoms. The van der Waals surface area contributed by atoms with Crippen molar-refractivity contribution in [3.05, 3.63) is 54.1 Å². The zero-order valence-corrected chi connectivity index (χ0v) is 17.1. The number of hydrogen-bond acceptors (Lipinski definition) is 6. The van der Waals surface area contributed by atoms with Crippen LogP contribution in [0.3, 0.4) is 0 Å². The van der Waals surface area contributed by atoms with Gasteiger partial charge in [-0.3, -0.25) is 4.79 Å². The Bertz CT molecular complexity index is 1010. The lowest BCUT2D eigenvalue weighted by atomic mass is 10.2. The Labute approximate surface area is 173 Å². The highest BCUT2D eigenvalue weighted by atomic mass is 32.2. The number of hydrogen-bond donors (Lipinski definition) is 1. The lowest BCUT2D eigenvalue weighted by Gasteiger charge is -2.13. The van der Waals surface area contributed by atoms with Crippen molar-refractivity contribution >= 4 is 17.7 Å². The van der Waals surface area contributed by atoms with E-state index in [1.54, 1.807) is 0 Å². The smallest absolute Gasteiger partial charge is 0.233 e. The number of benzene rings is 2. The van der Waals surface area contributed by atoms with Crippen LogP contribution in [0.2, 0.25) is 0 Å². The van der Waals surface area contributed by atoms with Crippen molar-refractivity contribution in [1.82, 2.24) is 20.1 Å². The quantitative estimate of drug-likeness (QED) is 0.601. The number of nitrogens with one attached hydrogen (secondary N) is 1. The first-order valence-corrected chi connectivity index (χ1v) is 10.3. The maximum absolute atomic E-state index is 12.6. The first-order chi connectivity index (χ1) is 14.2. The molecule has 1 aliphatic rings. The number of aromatic nitrogens is 3. The van der Waals surface area contributed by atoms with Crippen LogP contribution in [0.5, 0.6) is 11.5 Å². The number of carbonyl (C=O) groups excluding carboxylic acids is 1. The number of amides is 1. The van der Waals surface area contributed by atoms with Gasteiger partial charge in [0.2, 0.25) is 12.7 Å². The van der Waals surface area contributed by atoms with Gasteiger partial charge in [-0.15, -0.1) is 10.2 Å². The summed E-state index contributed by atoms with van der Waals surface area (Å²) in [6.07, 6.45) is 0. The van der Waals surface area contributed by atoms with Crippen LogP contribution in [0, 0.1) is 0 Å². The molecule has 2 aromatic carbocycles. The largest absolute Gasteiger partial charge is 0.454 e. The number of fused-ring (bicyclic) bond motifs is 1. The lowest BCUT2D eigenvalue weighted by Crippen LogP contribution is -2.30. The molecule has 1 unspecified atom stereocenters. The van der Waals surface area contributed by atoms with Crippen LogP contribution >= 0.6 is 11.8 Å². The van der Waals surface area contributed by atoms with E-state index < -0.39 is 0 Å². The lowest BCUT2D eigenvalue weighted by molar-refractivity contribution is -0.120. The second-order valence-electron chi connectivity index (χ2n) is 6.58. The van der Waals surface area contributed by atoms with Gasteiger partial charge in [0.25, 0.3) is 0 Å². The molecule has 0 bridgehead atoms. The molecule has 0 radical (unpaired) electrons. The fourth-order valence-electron chi connectivity index (χ4n) is 3.06. The highest BCUT2D eigenvalue weighted by molar-refractivity contribution is 8.00. The molecule has 1 N–H and O–H groups in total. The van der Waals surface area contributed by atoms with Crippen molar-refractivity contribution in [3.8, 4) is 22.9 Å². The van der Waals surface area contributed by atoms with Crippen molar-refractivity contribution in [2.24, 2.45) is 0 Å². The molecule has 4 rings (SSSR count). The third-order valence-electron chi connectivity index (χ3n) is 4.62. The maximum Gasteiger partial charge on any atom is 0.233 e. The molecule has 1 atom stereocenters. The Balaban J connectivity index is 1.39.